The van der Waals surface area contributed by atoms with E-state index in [-0.39, 0.29) is 11.5 Å². The molecule has 0 saturated carbocycles. The number of alkyl halides is 3. The number of nitrogens with zero attached hydrogens (tertiary/aromatic N) is 4. The summed E-state index contributed by atoms with van der Waals surface area (Å²) in [6.45, 7) is 2.07. The molecule has 1 aliphatic heterocycles. The average Bonchev–Trinajstić information content (AvgIpc) is 3.10. The summed E-state index contributed by atoms with van der Waals surface area (Å²) < 4.78 is 38.8. The molecular formula is C15H15F3N6O. The molecule has 132 valence electrons. The fourth-order valence-electron chi connectivity index (χ4n) is 2.28. The van der Waals surface area contributed by atoms with E-state index >= 15 is 0 Å². The van der Waals surface area contributed by atoms with Crippen LogP contribution in [0.5, 0.6) is 0 Å². The fraction of sp³-hybridized carbons (Fsp3) is 0.333. The van der Waals surface area contributed by atoms with Gasteiger partial charge in [0.2, 0.25) is 0 Å². The highest BCUT2D eigenvalue weighted by Crippen LogP contribution is 2.28. The molecule has 0 radical (unpaired) electrons. The van der Waals surface area contributed by atoms with Gasteiger partial charge in [0.25, 0.3) is 5.91 Å². The van der Waals surface area contributed by atoms with Gasteiger partial charge in [-0.1, -0.05) is 16.9 Å². The van der Waals surface area contributed by atoms with E-state index in [1.165, 1.54) is 12.3 Å². The zero-order chi connectivity index (χ0) is 17.9. The highest BCUT2D eigenvalue weighted by Gasteiger charge is 2.30. The van der Waals surface area contributed by atoms with Gasteiger partial charge in [-0.3, -0.25) is 4.79 Å². The molecule has 3 heterocycles. The fourth-order valence-corrected chi connectivity index (χ4v) is 2.28. The van der Waals surface area contributed by atoms with Crippen molar-refractivity contribution in [3.05, 3.63) is 47.4 Å². The maximum atomic E-state index is 12.5. The third kappa shape index (κ3) is 4.21. The SMILES string of the molecule is O=C(NCC1=CCNCC1)c1cn(-c2ccc(C(F)(F)F)cn2)nn1. The van der Waals surface area contributed by atoms with Crippen molar-refractivity contribution in [2.45, 2.75) is 12.6 Å². The summed E-state index contributed by atoms with van der Waals surface area (Å²) in [5.41, 5.74) is 0.338. The minimum atomic E-state index is -4.46. The Bertz CT molecular complexity index is 781. The Morgan fingerprint density at radius 2 is 2.20 bits per heavy atom. The molecular weight excluding hydrogens is 337 g/mol. The maximum absolute atomic E-state index is 12.5. The van der Waals surface area contributed by atoms with Crippen LogP contribution in [-0.2, 0) is 6.18 Å². The topological polar surface area (TPSA) is 84.7 Å². The summed E-state index contributed by atoms with van der Waals surface area (Å²) in [5, 5.41) is 13.4. The largest absolute Gasteiger partial charge is 0.417 e. The lowest BCUT2D eigenvalue weighted by atomic mass is 10.1. The first-order chi connectivity index (χ1) is 11.9. The van der Waals surface area contributed by atoms with Crippen molar-refractivity contribution in [1.82, 2.24) is 30.6 Å². The minimum absolute atomic E-state index is 0.0660. The van der Waals surface area contributed by atoms with Crippen LogP contribution in [0.15, 0.2) is 36.2 Å². The van der Waals surface area contributed by atoms with Crippen molar-refractivity contribution in [1.29, 1.82) is 0 Å². The molecule has 2 N–H and O–H groups in total. The van der Waals surface area contributed by atoms with Gasteiger partial charge in [0.1, 0.15) is 0 Å². The summed E-state index contributed by atoms with van der Waals surface area (Å²) in [6, 6.07) is 2.06. The Morgan fingerprint density at radius 1 is 1.36 bits per heavy atom. The summed E-state index contributed by atoms with van der Waals surface area (Å²) in [6.07, 6.45) is 0.458. The number of halogens is 3. The lowest BCUT2D eigenvalue weighted by Crippen LogP contribution is -2.29. The van der Waals surface area contributed by atoms with Gasteiger partial charge in [0.05, 0.1) is 11.8 Å². The van der Waals surface area contributed by atoms with Gasteiger partial charge in [-0.2, -0.15) is 13.2 Å². The number of carbonyl (C=O) groups excluding carboxylic acids is 1. The molecule has 10 heteroatoms. The second-order valence-corrected chi connectivity index (χ2v) is 5.45. The van der Waals surface area contributed by atoms with E-state index in [1.807, 2.05) is 6.08 Å². The van der Waals surface area contributed by atoms with Crippen LogP contribution in [-0.4, -0.2) is 45.5 Å². The van der Waals surface area contributed by atoms with Gasteiger partial charge in [-0.05, 0) is 25.1 Å². The Kier molecular flexibility index (Phi) is 4.79. The van der Waals surface area contributed by atoms with Crippen LogP contribution in [0.1, 0.15) is 22.5 Å². The van der Waals surface area contributed by atoms with Crippen LogP contribution in [0.25, 0.3) is 5.82 Å². The third-order valence-corrected chi connectivity index (χ3v) is 3.67. The van der Waals surface area contributed by atoms with Gasteiger partial charge in [0, 0.05) is 19.3 Å². The molecule has 1 aliphatic rings. The van der Waals surface area contributed by atoms with Gasteiger partial charge in [0.15, 0.2) is 11.5 Å². The van der Waals surface area contributed by atoms with Crippen LogP contribution in [0.2, 0.25) is 0 Å². The van der Waals surface area contributed by atoms with Crippen LogP contribution in [0.4, 0.5) is 13.2 Å². The van der Waals surface area contributed by atoms with E-state index in [1.54, 1.807) is 0 Å². The summed E-state index contributed by atoms with van der Waals surface area (Å²) in [7, 11) is 0. The number of hydrogen-bond donors (Lipinski definition) is 2. The molecule has 0 fully saturated rings. The van der Waals surface area contributed by atoms with Crippen LogP contribution in [0.3, 0.4) is 0 Å². The number of rotatable bonds is 4. The first-order valence-corrected chi connectivity index (χ1v) is 7.56. The van der Waals surface area contributed by atoms with Crippen molar-refractivity contribution in [3.8, 4) is 5.82 Å². The lowest BCUT2D eigenvalue weighted by Gasteiger charge is -2.13. The summed E-state index contributed by atoms with van der Waals surface area (Å²) >= 11 is 0. The van der Waals surface area contributed by atoms with Crippen molar-refractivity contribution < 1.29 is 18.0 Å². The first kappa shape index (κ1) is 17.1. The summed E-state index contributed by atoms with van der Waals surface area (Å²) in [4.78, 5) is 15.8. The minimum Gasteiger partial charge on any atom is -0.347 e. The van der Waals surface area contributed by atoms with Crippen molar-refractivity contribution >= 4 is 5.91 Å². The number of amides is 1. The second-order valence-electron chi connectivity index (χ2n) is 5.45. The summed E-state index contributed by atoms with van der Waals surface area (Å²) in [5.74, 6) is -0.266. The molecule has 25 heavy (non-hydrogen) atoms. The molecule has 0 aromatic carbocycles. The van der Waals surface area contributed by atoms with E-state index in [0.29, 0.717) is 12.7 Å². The van der Waals surface area contributed by atoms with Gasteiger partial charge in [-0.25, -0.2) is 9.67 Å². The molecule has 1 amide bonds. The van der Waals surface area contributed by atoms with Crippen molar-refractivity contribution in [3.63, 3.8) is 0 Å². The monoisotopic (exact) mass is 352 g/mol. The zero-order valence-electron chi connectivity index (χ0n) is 13.0. The van der Waals surface area contributed by atoms with E-state index in [4.69, 9.17) is 0 Å². The maximum Gasteiger partial charge on any atom is 0.417 e. The molecule has 2 aromatic heterocycles. The second kappa shape index (κ2) is 7.01. The normalized spacial score (nSPS) is 14.9. The molecule has 0 spiro atoms. The Morgan fingerprint density at radius 3 is 2.84 bits per heavy atom. The number of hydrogen-bond acceptors (Lipinski definition) is 5. The standard InChI is InChI=1S/C15H15F3N6O/c16-15(17,18)11-1-2-13(20-8-11)24-9-12(22-23-24)14(25)21-7-10-3-5-19-6-4-10/h1-3,8-9,19H,4-7H2,(H,21,25). The zero-order valence-corrected chi connectivity index (χ0v) is 13.0. The number of carbonyl (C=O) groups is 1. The molecule has 0 aliphatic carbocycles. The van der Waals surface area contributed by atoms with E-state index < -0.39 is 17.6 Å². The molecule has 0 saturated heterocycles. The molecule has 2 aromatic rings. The van der Waals surface area contributed by atoms with Gasteiger partial charge in [-0.15, -0.1) is 5.10 Å². The highest BCUT2D eigenvalue weighted by molar-refractivity contribution is 5.92. The van der Waals surface area contributed by atoms with Crippen molar-refractivity contribution in [2.75, 3.05) is 19.6 Å². The average molecular weight is 352 g/mol. The molecule has 0 atom stereocenters. The quantitative estimate of drug-likeness (QED) is 0.811. The Labute approximate surface area is 140 Å². The third-order valence-electron chi connectivity index (χ3n) is 3.67. The van der Waals surface area contributed by atoms with Crippen LogP contribution < -0.4 is 10.6 Å². The van der Waals surface area contributed by atoms with Crippen molar-refractivity contribution in [2.24, 2.45) is 0 Å². The van der Waals surface area contributed by atoms with E-state index in [0.717, 1.165) is 35.8 Å². The highest BCUT2D eigenvalue weighted by atomic mass is 19.4. The number of aromatic nitrogens is 4. The van der Waals surface area contributed by atoms with Gasteiger partial charge < -0.3 is 10.6 Å². The number of pyridine rings is 1. The first-order valence-electron chi connectivity index (χ1n) is 7.56. The smallest absolute Gasteiger partial charge is 0.347 e. The van der Waals surface area contributed by atoms with E-state index in [2.05, 4.69) is 25.9 Å². The predicted molar refractivity (Wildman–Crippen MR) is 82.1 cm³/mol. The molecule has 0 bridgehead atoms. The predicted octanol–water partition coefficient (Wildman–Crippen LogP) is 1.33. The van der Waals surface area contributed by atoms with Crippen LogP contribution in [0, 0.1) is 0 Å². The number of nitrogens with one attached hydrogen (secondary N) is 2. The molecule has 3 rings (SSSR count). The van der Waals surface area contributed by atoms with Crippen LogP contribution >= 0.6 is 0 Å². The van der Waals surface area contributed by atoms with Gasteiger partial charge >= 0.3 is 6.18 Å². The lowest BCUT2D eigenvalue weighted by molar-refractivity contribution is -0.137. The van der Waals surface area contributed by atoms with E-state index in [9.17, 15) is 18.0 Å². The Balaban J connectivity index is 1.65. The molecule has 7 nitrogen and oxygen atoms in total. The molecule has 0 unspecified atom stereocenters. The Hall–Kier alpha value is -2.75.